The minimum absolute atomic E-state index is 0.0793. The van der Waals surface area contributed by atoms with Gasteiger partial charge >= 0.3 is 0 Å². The van der Waals surface area contributed by atoms with E-state index >= 15 is 0 Å². The molecule has 0 aliphatic carbocycles. The molecule has 0 radical (unpaired) electrons. The predicted molar refractivity (Wildman–Crippen MR) is 170 cm³/mol. The van der Waals surface area contributed by atoms with Gasteiger partial charge in [0, 0.05) is 22.7 Å². The van der Waals surface area contributed by atoms with Crippen LogP contribution in [0.1, 0.15) is 27.5 Å². The SMILES string of the molecule is Cc1ccc(-n2nc(-c3ccc(Cl)cc3)c3c2N(CC(=O)NCc2ccc(F)cc2)C(=O)CS[C@@H]3c2ccc(F)cc2)cc1. The lowest BCUT2D eigenvalue weighted by atomic mass is 9.99. The zero-order valence-corrected chi connectivity index (χ0v) is 25.2. The molecule has 10 heteroatoms. The van der Waals surface area contributed by atoms with Gasteiger partial charge in [-0.1, -0.05) is 65.7 Å². The van der Waals surface area contributed by atoms with E-state index < -0.39 is 5.25 Å². The Balaban J connectivity index is 1.50. The molecule has 0 unspecified atom stereocenters. The van der Waals surface area contributed by atoms with Crippen molar-refractivity contribution in [1.29, 1.82) is 0 Å². The highest BCUT2D eigenvalue weighted by Gasteiger charge is 2.37. The van der Waals surface area contributed by atoms with Crippen LogP contribution in [0.2, 0.25) is 5.02 Å². The molecule has 6 rings (SSSR count). The van der Waals surface area contributed by atoms with Crippen molar-refractivity contribution in [1.82, 2.24) is 15.1 Å². The van der Waals surface area contributed by atoms with E-state index in [1.54, 1.807) is 41.1 Å². The van der Waals surface area contributed by atoms with Crippen molar-refractivity contribution in [2.24, 2.45) is 0 Å². The van der Waals surface area contributed by atoms with Crippen LogP contribution in [0.25, 0.3) is 16.9 Å². The summed E-state index contributed by atoms with van der Waals surface area (Å²) < 4.78 is 29.1. The fraction of sp³-hybridized carbons (Fsp3) is 0.147. The third kappa shape index (κ3) is 6.25. The predicted octanol–water partition coefficient (Wildman–Crippen LogP) is 7.26. The summed E-state index contributed by atoms with van der Waals surface area (Å²) in [5.41, 5.74) is 5.40. The first-order chi connectivity index (χ1) is 21.3. The van der Waals surface area contributed by atoms with E-state index in [0.29, 0.717) is 22.2 Å². The molecule has 0 bridgehead atoms. The highest BCUT2D eigenvalue weighted by molar-refractivity contribution is 8.00. The lowest BCUT2D eigenvalue weighted by Crippen LogP contribution is -2.42. The largest absolute Gasteiger partial charge is 0.350 e. The molecular formula is C34H27ClF2N4O2S. The Morgan fingerprint density at radius 2 is 1.57 bits per heavy atom. The average molecular weight is 629 g/mol. The number of aromatic nitrogens is 2. The van der Waals surface area contributed by atoms with Gasteiger partial charge in [-0.3, -0.25) is 14.5 Å². The van der Waals surface area contributed by atoms with Crippen molar-refractivity contribution >= 4 is 41.0 Å². The average Bonchev–Trinajstić information content (AvgIpc) is 3.34. The third-order valence-electron chi connectivity index (χ3n) is 7.36. The summed E-state index contributed by atoms with van der Waals surface area (Å²) in [7, 11) is 0. The number of aryl methyl sites for hydroxylation is 1. The van der Waals surface area contributed by atoms with Crippen molar-refractivity contribution in [2.45, 2.75) is 18.7 Å². The topological polar surface area (TPSA) is 67.2 Å². The molecule has 1 aliphatic rings. The van der Waals surface area contributed by atoms with Crippen LogP contribution < -0.4 is 10.2 Å². The van der Waals surface area contributed by atoms with Crippen LogP contribution in [0.5, 0.6) is 0 Å². The summed E-state index contributed by atoms with van der Waals surface area (Å²) in [5.74, 6) is -0.846. The molecule has 0 saturated heterocycles. The highest BCUT2D eigenvalue weighted by Crippen LogP contribution is 2.48. The van der Waals surface area contributed by atoms with Gasteiger partial charge in [0.05, 0.1) is 22.4 Å². The number of carbonyl (C=O) groups excluding carboxylic acids is 2. The standard InChI is InChI=1S/C34H27ClF2N4O2S/c1-21-2-16-28(17-3-21)41-34-31(32(39-41)23-6-10-25(35)11-7-23)33(24-8-14-27(37)15-9-24)44-20-30(43)40(34)19-29(42)38-18-22-4-12-26(36)13-5-22/h2-17,33H,18-20H2,1H3,(H,38,42)/t33-/m1/s1. The van der Waals surface area contributed by atoms with E-state index in [0.717, 1.165) is 27.8 Å². The molecule has 6 nitrogen and oxygen atoms in total. The van der Waals surface area contributed by atoms with Gasteiger partial charge in [0.2, 0.25) is 11.8 Å². The van der Waals surface area contributed by atoms with Crippen molar-refractivity contribution in [3.63, 3.8) is 0 Å². The summed E-state index contributed by atoms with van der Waals surface area (Å²) in [6, 6.07) is 27.1. The quantitative estimate of drug-likeness (QED) is 0.206. The van der Waals surface area contributed by atoms with Gasteiger partial charge in [0.15, 0.2) is 0 Å². The van der Waals surface area contributed by atoms with E-state index in [-0.39, 0.29) is 42.3 Å². The van der Waals surface area contributed by atoms with Crippen molar-refractivity contribution in [3.05, 3.63) is 136 Å². The van der Waals surface area contributed by atoms with Crippen molar-refractivity contribution < 1.29 is 18.4 Å². The Kier molecular flexibility index (Phi) is 8.50. The lowest BCUT2D eigenvalue weighted by molar-refractivity contribution is -0.123. The first-order valence-electron chi connectivity index (χ1n) is 13.9. The molecule has 2 amide bonds. The number of hydrogen-bond donors (Lipinski definition) is 1. The number of halogens is 3. The van der Waals surface area contributed by atoms with Crippen LogP contribution in [-0.4, -0.2) is 33.9 Å². The number of fused-ring (bicyclic) bond motifs is 1. The maximum absolute atomic E-state index is 14.0. The first-order valence-corrected chi connectivity index (χ1v) is 15.3. The van der Waals surface area contributed by atoms with Crippen LogP contribution in [0.4, 0.5) is 14.6 Å². The van der Waals surface area contributed by atoms with Gasteiger partial charge < -0.3 is 5.32 Å². The van der Waals surface area contributed by atoms with Gasteiger partial charge in [-0.05, 0) is 66.6 Å². The summed E-state index contributed by atoms with van der Waals surface area (Å²) >= 11 is 7.62. The Bertz CT molecular complexity index is 1810. The second-order valence-electron chi connectivity index (χ2n) is 10.5. The van der Waals surface area contributed by atoms with Gasteiger partial charge in [0.1, 0.15) is 24.0 Å². The molecule has 1 N–H and O–H groups in total. The fourth-order valence-corrected chi connectivity index (χ4v) is 6.43. The number of hydrogen-bond acceptors (Lipinski definition) is 4. The van der Waals surface area contributed by atoms with Crippen LogP contribution in [0.3, 0.4) is 0 Å². The Morgan fingerprint density at radius 1 is 0.932 bits per heavy atom. The number of thioether (sulfide) groups is 1. The number of nitrogens with zero attached hydrogens (tertiary/aromatic N) is 3. The molecule has 44 heavy (non-hydrogen) atoms. The zero-order chi connectivity index (χ0) is 30.8. The third-order valence-corrected chi connectivity index (χ3v) is 8.87. The van der Waals surface area contributed by atoms with Gasteiger partial charge in [-0.15, -0.1) is 11.8 Å². The number of carbonyl (C=O) groups is 2. The van der Waals surface area contributed by atoms with Gasteiger partial charge in [-0.25, -0.2) is 13.5 Å². The van der Waals surface area contributed by atoms with Gasteiger partial charge in [0.25, 0.3) is 0 Å². The number of anilines is 1. The molecule has 1 atom stereocenters. The molecular weight excluding hydrogens is 602 g/mol. The van der Waals surface area contributed by atoms with E-state index in [1.807, 2.05) is 43.3 Å². The van der Waals surface area contributed by atoms with Crippen LogP contribution in [0, 0.1) is 18.6 Å². The van der Waals surface area contributed by atoms with Gasteiger partial charge in [-0.2, -0.15) is 5.10 Å². The molecule has 1 aromatic heterocycles. The molecule has 1 aliphatic heterocycles. The molecule has 0 fully saturated rings. The number of nitrogens with one attached hydrogen (secondary N) is 1. The molecule has 222 valence electrons. The lowest BCUT2D eigenvalue weighted by Gasteiger charge is -2.23. The molecule has 4 aromatic carbocycles. The summed E-state index contributed by atoms with van der Waals surface area (Å²) in [5, 5.41) is 8.07. The fourth-order valence-electron chi connectivity index (χ4n) is 5.11. The van der Waals surface area contributed by atoms with E-state index in [1.165, 1.54) is 40.9 Å². The minimum Gasteiger partial charge on any atom is -0.350 e. The van der Waals surface area contributed by atoms with Crippen molar-refractivity contribution in [2.75, 3.05) is 17.2 Å². The number of amides is 2. The smallest absolute Gasteiger partial charge is 0.240 e. The number of benzene rings is 4. The number of rotatable bonds is 7. The van der Waals surface area contributed by atoms with Crippen LogP contribution in [-0.2, 0) is 16.1 Å². The zero-order valence-electron chi connectivity index (χ0n) is 23.6. The Morgan fingerprint density at radius 3 is 2.23 bits per heavy atom. The first kappa shape index (κ1) is 29.6. The summed E-state index contributed by atoms with van der Waals surface area (Å²) in [6.45, 7) is 1.89. The Labute approximate surface area is 262 Å². The summed E-state index contributed by atoms with van der Waals surface area (Å²) in [6.07, 6.45) is 0. The molecule has 0 saturated carbocycles. The van der Waals surface area contributed by atoms with E-state index in [9.17, 15) is 18.4 Å². The maximum Gasteiger partial charge on any atom is 0.240 e. The maximum atomic E-state index is 14.0. The second kappa shape index (κ2) is 12.6. The van der Waals surface area contributed by atoms with E-state index in [2.05, 4.69) is 5.32 Å². The second-order valence-corrected chi connectivity index (χ2v) is 12.0. The minimum atomic E-state index is -0.397. The monoisotopic (exact) mass is 628 g/mol. The van der Waals surface area contributed by atoms with Crippen LogP contribution >= 0.6 is 23.4 Å². The molecule has 2 heterocycles. The molecule has 5 aromatic rings. The van der Waals surface area contributed by atoms with Crippen LogP contribution in [0.15, 0.2) is 97.1 Å². The normalized spacial score (nSPS) is 14.7. The van der Waals surface area contributed by atoms with E-state index in [4.69, 9.17) is 16.7 Å². The Hall–Kier alpha value is -4.47. The summed E-state index contributed by atoms with van der Waals surface area (Å²) in [4.78, 5) is 28.7. The molecule has 0 spiro atoms. The van der Waals surface area contributed by atoms with Crippen molar-refractivity contribution in [3.8, 4) is 16.9 Å². The highest BCUT2D eigenvalue weighted by atomic mass is 35.5.